The van der Waals surface area contributed by atoms with Gasteiger partial charge in [-0.25, -0.2) is 0 Å². The van der Waals surface area contributed by atoms with Crippen molar-refractivity contribution in [1.29, 1.82) is 0 Å². The normalized spacial score (nSPS) is 10.3. The van der Waals surface area contributed by atoms with E-state index in [1.807, 2.05) is 19.1 Å². The molecule has 0 amide bonds. The number of ether oxygens (including phenoxy) is 2. The Bertz CT molecular complexity index is 656. The van der Waals surface area contributed by atoms with E-state index in [9.17, 15) is 4.79 Å². The highest BCUT2D eigenvalue weighted by molar-refractivity contribution is 6.30. The van der Waals surface area contributed by atoms with Gasteiger partial charge in [-0.15, -0.1) is 0 Å². The van der Waals surface area contributed by atoms with Crippen LogP contribution in [-0.2, 0) is 0 Å². The molecule has 0 saturated carbocycles. The van der Waals surface area contributed by atoms with Crippen LogP contribution in [0.5, 0.6) is 11.5 Å². The molecular formula is C18H20ClNO3. The summed E-state index contributed by atoms with van der Waals surface area (Å²) in [6, 6.07) is 12.3. The predicted molar refractivity (Wildman–Crippen MR) is 92.5 cm³/mol. The van der Waals surface area contributed by atoms with Gasteiger partial charge in [-0.1, -0.05) is 18.5 Å². The minimum atomic E-state index is 0.0691. The average molecular weight is 334 g/mol. The van der Waals surface area contributed by atoms with Gasteiger partial charge in [0, 0.05) is 23.4 Å². The number of rotatable bonds is 8. The molecule has 5 heteroatoms. The van der Waals surface area contributed by atoms with Gasteiger partial charge in [-0.2, -0.15) is 0 Å². The Kier molecular flexibility index (Phi) is 6.29. The molecule has 0 saturated heterocycles. The second kappa shape index (κ2) is 8.44. The summed E-state index contributed by atoms with van der Waals surface area (Å²) in [5, 5.41) is 0.682. The number of Topliss-reactive ketones (excluding diaryl/α,β-unsaturated/α-hetero) is 1. The van der Waals surface area contributed by atoms with Crippen LogP contribution in [0, 0.1) is 0 Å². The summed E-state index contributed by atoms with van der Waals surface area (Å²) in [4.78, 5) is 11.6. The summed E-state index contributed by atoms with van der Waals surface area (Å²) in [5.74, 6) is 1.43. The largest absolute Gasteiger partial charge is 0.493 e. The molecule has 0 aliphatic rings. The highest BCUT2D eigenvalue weighted by atomic mass is 35.5. The maximum atomic E-state index is 11.6. The predicted octanol–water partition coefficient (Wildman–Crippen LogP) is 4.36. The molecule has 0 unspecified atom stereocenters. The molecule has 0 atom stereocenters. The molecule has 0 aromatic heterocycles. The summed E-state index contributed by atoms with van der Waals surface area (Å²) in [5.41, 5.74) is 7.00. The molecule has 0 radical (unpaired) electrons. The Balaban J connectivity index is 1.75. The van der Waals surface area contributed by atoms with Crippen molar-refractivity contribution >= 4 is 23.1 Å². The third-order valence-corrected chi connectivity index (χ3v) is 3.53. The number of hydrogen-bond donors (Lipinski definition) is 1. The number of anilines is 1. The molecule has 23 heavy (non-hydrogen) atoms. The second-order valence-corrected chi connectivity index (χ2v) is 5.47. The highest BCUT2D eigenvalue weighted by Gasteiger charge is 2.07. The molecule has 2 rings (SSSR count). The van der Waals surface area contributed by atoms with Crippen LogP contribution in [0.1, 0.15) is 30.1 Å². The first-order valence-electron chi connectivity index (χ1n) is 7.54. The maximum Gasteiger partial charge on any atom is 0.162 e. The number of carbonyl (C=O) groups excluding carboxylic acids is 1. The van der Waals surface area contributed by atoms with Gasteiger partial charge in [0.1, 0.15) is 11.5 Å². The maximum absolute atomic E-state index is 11.6. The molecule has 0 aliphatic carbocycles. The van der Waals surface area contributed by atoms with Crippen LogP contribution in [0.2, 0.25) is 5.02 Å². The molecule has 0 spiro atoms. The minimum Gasteiger partial charge on any atom is -0.493 e. The summed E-state index contributed by atoms with van der Waals surface area (Å²) in [6.45, 7) is 2.84. The van der Waals surface area contributed by atoms with Crippen molar-refractivity contribution in [2.75, 3.05) is 18.9 Å². The average Bonchev–Trinajstić information content (AvgIpc) is 2.56. The van der Waals surface area contributed by atoms with Crippen LogP contribution in [0.3, 0.4) is 0 Å². The standard InChI is InChI=1S/C18H20ClNO3/c1-2-17(21)13-4-9-18(16(20)12-13)23-11-3-10-22-15-7-5-14(19)6-8-15/h4-9,12H,2-3,10-11,20H2,1H3. The van der Waals surface area contributed by atoms with Crippen molar-refractivity contribution in [2.24, 2.45) is 0 Å². The fraction of sp³-hybridized carbons (Fsp3) is 0.278. The van der Waals surface area contributed by atoms with Crippen LogP contribution >= 0.6 is 11.6 Å². The van der Waals surface area contributed by atoms with Gasteiger partial charge in [-0.05, 0) is 42.5 Å². The summed E-state index contributed by atoms with van der Waals surface area (Å²) in [6.07, 6.45) is 1.18. The molecule has 2 aromatic carbocycles. The summed E-state index contributed by atoms with van der Waals surface area (Å²) >= 11 is 5.81. The zero-order valence-electron chi connectivity index (χ0n) is 13.0. The SMILES string of the molecule is CCC(=O)c1ccc(OCCCOc2ccc(Cl)cc2)c(N)c1. The van der Waals surface area contributed by atoms with Crippen molar-refractivity contribution in [3.8, 4) is 11.5 Å². The minimum absolute atomic E-state index is 0.0691. The van der Waals surface area contributed by atoms with Crippen LogP contribution in [0.4, 0.5) is 5.69 Å². The zero-order chi connectivity index (χ0) is 16.7. The van der Waals surface area contributed by atoms with Gasteiger partial charge in [0.05, 0.1) is 18.9 Å². The number of nitrogen functional groups attached to an aromatic ring is 1. The first-order chi connectivity index (χ1) is 11.1. The Labute approximate surface area is 141 Å². The van der Waals surface area contributed by atoms with Crippen LogP contribution in [0.25, 0.3) is 0 Å². The Morgan fingerprint density at radius 1 is 1.09 bits per heavy atom. The van der Waals surface area contributed by atoms with E-state index in [2.05, 4.69) is 0 Å². The Hall–Kier alpha value is -2.20. The van der Waals surface area contributed by atoms with E-state index >= 15 is 0 Å². The summed E-state index contributed by atoms with van der Waals surface area (Å²) in [7, 11) is 0. The van der Waals surface area contributed by atoms with Crippen molar-refractivity contribution in [1.82, 2.24) is 0 Å². The van der Waals surface area contributed by atoms with E-state index in [4.69, 9.17) is 26.8 Å². The van der Waals surface area contributed by atoms with Gasteiger partial charge in [-0.3, -0.25) is 4.79 Å². The molecule has 2 aromatic rings. The Morgan fingerprint density at radius 3 is 2.43 bits per heavy atom. The van der Waals surface area contributed by atoms with E-state index < -0.39 is 0 Å². The molecule has 0 aliphatic heterocycles. The number of halogens is 1. The quantitative estimate of drug-likeness (QED) is 0.443. The van der Waals surface area contributed by atoms with Crippen LogP contribution < -0.4 is 15.2 Å². The lowest BCUT2D eigenvalue weighted by atomic mass is 10.1. The lowest BCUT2D eigenvalue weighted by Crippen LogP contribution is -2.07. The number of carbonyl (C=O) groups is 1. The molecule has 4 nitrogen and oxygen atoms in total. The lowest BCUT2D eigenvalue weighted by molar-refractivity contribution is 0.0988. The van der Waals surface area contributed by atoms with E-state index in [0.717, 1.165) is 12.2 Å². The number of ketones is 1. The number of benzene rings is 2. The molecule has 0 fully saturated rings. The molecule has 2 N–H and O–H groups in total. The fourth-order valence-electron chi connectivity index (χ4n) is 2.02. The highest BCUT2D eigenvalue weighted by Crippen LogP contribution is 2.23. The van der Waals surface area contributed by atoms with Crippen molar-refractivity contribution in [3.05, 3.63) is 53.1 Å². The lowest BCUT2D eigenvalue weighted by Gasteiger charge is -2.10. The fourth-order valence-corrected chi connectivity index (χ4v) is 2.15. The van der Waals surface area contributed by atoms with Gasteiger partial charge in [0.15, 0.2) is 5.78 Å². The number of hydrogen-bond acceptors (Lipinski definition) is 4. The summed E-state index contributed by atoms with van der Waals surface area (Å²) < 4.78 is 11.2. The van der Waals surface area contributed by atoms with Gasteiger partial charge in [0.2, 0.25) is 0 Å². The third-order valence-electron chi connectivity index (χ3n) is 3.28. The topological polar surface area (TPSA) is 61.5 Å². The van der Waals surface area contributed by atoms with Crippen molar-refractivity contribution in [2.45, 2.75) is 19.8 Å². The van der Waals surface area contributed by atoms with Gasteiger partial charge >= 0.3 is 0 Å². The molecular weight excluding hydrogens is 314 g/mol. The zero-order valence-corrected chi connectivity index (χ0v) is 13.8. The van der Waals surface area contributed by atoms with E-state index in [0.29, 0.717) is 41.7 Å². The third kappa shape index (κ3) is 5.18. The second-order valence-electron chi connectivity index (χ2n) is 5.03. The monoisotopic (exact) mass is 333 g/mol. The molecule has 0 heterocycles. The first kappa shape index (κ1) is 17.2. The van der Waals surface area contributed by atoms with Crippen molar-refractivity contribution in [3.63, 3.8) is 0 Å². The number of nitrogens with two attached hydrogens (primary N) is 1. The van der Waals surface area contributed by atoms with Crippen LogP contribution in [0.15, 0.2) is 42.5 Å². The van der Waals surface area contributed by atoms with E-state index in [1.165, 1.54) is 0 Å². The smallest absolute Gasteiger partial charge is 0.162 e. The van der Waals surface area contributed by atoms with Crippen LogP contribution in [-0.4, -0.2) is 19.0 Å². The van der Waals surface area contributed by atoms with Gasteiger partial charge in [0.25, 0.3) is 0 Å². The van der Waals surface area contributed by atoms with E-state index in [-0.39, 0.29) is 5.78 Å². The molecule has 0 bridgehead atoms. The van der Waals surface area contributed by atoms with Gasteiger partial charge < -0.3 is 15.2 Å². The van der Waals surface area contributed by atoms with Crippen molar-refractivity contribution < 1.29 is 14.3 Å². The molecule has 122 valence electrons. The Morgan fingerprint density at radius 2 is 1.78 bits per heavy atom. The van der Waals surface area contributed by atoms with E-state index in [1.54, 1.807) is 30.3 Å². The first-order valence-corrected chi connectivity index (χ1v) is 7.92.